The van der Waals surface area contributed by atoms with Crippen LogP contribution in [0.1, 0.15) is 29.6 Å². The Morgan fingerprint density at radius 2 is 2.29 bits per heavy atom. The summed E-state index contributed by atoms with van der Waals surface area (Å²) in [4.78, 5) is 22.4. The number of nitrogens with one attached hydrogen (secondary N) is 2. The first-order valence-electron chi connectivity index (χ1n) is 6.76. The Balaban J connectivity index is 2.06. The number of nitrogens with zero attached hydrogens (tertiary/aromatic N) is 1. The van der Waals surface area contributed by atoms with E-state index in [1.165, 1.54) is 18.2 Å². The lowest BCUT2D eigenvalue weighted by molar-refractivity contribution is -0.384. The van der Waals surface area contributed by atoms with E-state index in [0.29, 0.717) is 18.8 Å². The fourth-order valence-corrected chi connectivity index (χ4v) is 2.23. The van der Waals surface area contributed by atoms with Crippen molar-refractivity contribution in [2.24, 2.45) is 5.84 Å². The smallest absolute Gasteiger partial charge is 0.270 e. The zero-order valence-electron chi connectivity index (χ0n) is 11.5. The van der Waals surface area contributed by atoms with Crippen molar-refractivity contribution >= 4 is 17.3 Å². The molecule has 0 aromatic heterocycles. The second-order valence-electron chi connectivity index (χ2n) is 4.83. The molecular formula is C13H18N4O4. The average Bonchev–Trinajstić information content (AvgIpc) is 2.52. The predicted octanol–water partition coefficient (Wildman–Crippen LogP) is 1.18. The van der Waals surface area contributed by atoms with Crippen LogP contribution in [0.2, 0.25) is 0 Å². The van der Waals surface area contributed by atoms with Gasteiger partial charge in [-0.1, -0.05) is 0 Å². The van der Waals surface area contributed by atoms with Crippen LogP contribution in [0.3, 0.4) is 0 Å². The van der Waals surface area contributed by atoms with Crippen molar-refractivity contribution in [1.29, 1.82) is 0 Å². The van der Waals surface area contributed by atoms with Crippen molar-refractivity contribution in [3.63, 3.8) is 0 Å². The Labute approximate surface area is 121 Å². The van der Waals surface area contributed by atoms with Crippen LogP contribution in [0.25, 0.3) is 0 Å². The van der Waals surface area contributed by atoms with Crippen molar-refractivity contribution < 1.29 is 14.5 Å². The van der Waals surface area contributed by atoms with Gasteiger partial charge in [0, 0.05) is 25.3 Å². The van der Waals surface area contributed by atoms with Crippen LogP contribution >= 0.6 is 0 Å². The van der Waals surface area contributed by atoms with Crippen LogP contribution in [0, 0.1) is 10.1 Å². The number of hydrogen-bond donors (Lipinski definition) is 3. The first kappa shape index (κ1) is 15.2. The van der Waals surface area contributed by atoms with Crippen LogP contribution in [0.5, 0.6) is 0 Å². The molecule has 1 unspecified atom stereocenters. The first-order valence-corrected chi connectivity index (χ1v) is 6.76. The monoisotopic (exact) mass is 294 g/mol. The third-order valence-corrected chi connectivity index (χ3v) is 3.38. The molecule has 1 aliphatic rings. The highest BCUT2D eigenvalue weighted by Gasteiger charge is 2.19. The maximum absolute atomic E-state index is 12.2. The van der Waals surface area contributed by atoms with E-state index in [2.05, 4.69) is 10.7 Å². The third-order valence-electron chi connectivity index (χ3n) is 3.38. The second kappa shape index (κ2) is 7.00. The summed E-state index contributed by atoms with van der Waals surface area (Å²) in [5.41, 5.74) is 2.68. The highest BCUT2D eigenvalue weighted by molar-refractivity contribution is 6.00. The van der Waals surface area contributed by atoms with E-state index < -0.39 is 10.8 Å². The summed E-state index contributed by atoms with van der Waals surface area (Å²) in [7, 11) is 0. The Bertz CT molecular complexity index is 529. The third kappa shape index (κ3) is 3.89. The van der Waals surface area contributed by atoms with E-state index in [-0.39, 0.29) is 17.4 Å². The molecule has 1 amide bonds. The predicted molar refractivity (Wildman–Crippen MR) is 76.8 cm³/mol. The molecule has 0 saturated carbocycles. The summed E-state index contributed by atoms with van der Waals surface area (Å²) in [6, 6.07) is 3.90. The molecule has 4 N–H and O–H groups in total. The number of non-ortho nitro benzene ring substituents is 1. The maximum atomic E-state index is 12.2. The number of ether oxygens (including phenoxy) is 1. The van der Waals surface area contributed by atoms with Gasteiger partial charge in [-0.25, -0.2) is 0 Å². The molecular weight excluding hydrogens is 276 g/mol. The minimum Gasteiger partial charge on any atom is -0.376 e. The Morgan fingerprint density at radius 1 is 1.48 bits per heavy atom. The molecule has 0 bridgehead atoms. The lowest BCUT2D eigenvalue weighted by Gasteiger charge is -2.22. The summed E-state index contributed by atoms with van der Waals surface area (Å²) in [6.07, 6.45) is 3.01. The van der Waals surface area contributed by atoms with E-state index in [4.69, 9.17) is 10.6 Å². The largest absolute Gasteiger partial charge is 0.376 e. The lowest BCUT2D eigenvalue weighted by atomic mass is 10.1. The molecule has 8 nitrogen and oxygen atoms in total. The van der Waals surface area contributed by atoms with Crippen molar-refractivity contribution in [2.45, 2.75) is 25.4 Å². The summed E-state index contributed by atoms with van der Waals surface area (Å²) in [5.74, 6) is 4.91. The Kier molecular flexibility index (Phi) is 5.07. The first-order chi connectivity index (χ1) is 10.1. The van der Waals surface area contributed by atoms with E-state index in [1.54, 1.807) is 0 Å². The molecule has 1 aromatic rings. The number of carbonyl (C=O) groups is 1. The molecule has 0 spiro atoms. The molecule has 1 aliphatic heterocycles. The normalized spacial score (nSPS) is 18.0. The molecule has 1 atom stereocenters. The minimum absolute atomic E-state index is 0.00400. The highest BCUT2D eigenvalue weighted by atomic mass is 16.6. The standard InChI is InChI=1S/C13H18N4O4/c14-16-12-5-4-9(17(19)20)7-11(12)13(18)15-8-10-3-1-2-6-21-10/h4-5,7,10,16H,1-3,6,8,14H2,(H,15,18). The van der Waals surface area contributed by atoms with Crippen molar-refractivity contribution in [1.82, 2.24) is 5.32 Å². The topological polar surface area (TPSA) is 120 Å². The molecule has 1 aromatic carbocycles. The van der Waals surface area contributed by atoms with Crippen LogP contribution in [-0.4, -0.2) is 30.1 Å². The molecule has 114 valence electrons. The highest BCUT2D eigenvalue weighted by Crippen LogP contribution is 2.21. The summed E-state index contributed by atoms with van der Waals surface area (Å²) >= 11 is 0. The molecule has 0 aliphatic carbocycles. The van der Waals surface area contributed by atoms with Gasteiger partial charge in [0.1, 0.15) is 0 Å². The van der Waals surface area contributed by atoms with Gasteiger partial charge in [0.05, 0.1) is 22.3 Å². The molecule has 1 heterocycles. The van der Waals surface area contributed by atoms with Gasteiger partial charge in [-0.3, -0.25) is 20.8 Å². The fraction of sp³-hybridized carbons (Fsp3) is 0.462. The minimum atomic E-state index is -0.554. The van der Waals surface area contributed by atoms with Crippen LogP contribution in [0.4, 0.5) is 11.4 Å². The molecule has 1 saturated heterocycles. The van der Waals surface area contributed by atoms with Gasteiger partial charge in [-0.15, -0.1) is 0 Å². The molecule has 0 radical (unpaired) electrons. The van der Waals surface area contributed by atoms with Gasteiger partial charge in [-0.05, 0) is 25.3 Å². The number of benzene rings is 1. The van der Waals surface area contributed by atoms with Crippen LogP contribution < -0.4 is 16.6 Å². The van der Waals surface area contributed by atoms with E-state index in [9.17, 15) is 14.9 Å². The maximum Gasteiger partial charge on any atom is 0.270 e. The average molecular weight is 294 g/mol. The van der Waals surface area contributed by atoms with Gasteiger partial charge < -0.3 is 15.5 Å². The SMILES string of the molecule is NNc1ccc([N+](=O)[O-])cc1C(=O)NCC1CCCCO1. The summed E-state index contributed by atoms with van der Waals surface area (Å²) < 4.78 is 5.52. The Hall–Kier alpha value is -2.19. The summed E-state index contributed by atoms with van der Waals surface area (Å²) in [6.45, 7) is 1.08. The lowest BCUT2D eigenvalue weighted by Crippen LogP contribution is -2.35. The summed E-state index contributed by atoms with van der Waals surface area (Å²) in [5, 5.41) is 13.5. The van der Waals surface area contributed by atoms with E-state index in [1.807, 2.05) is 0 Å². The number of hydrogen-bond acceptors (Lipinski definition) is 6. The van der Waals surface area contributed by atoms with Gasteiger partial charge in [0.15, 0.2) is 0 Å². The van der Waals surface area contributed by atoms with Crippen LogP contribution in [-0.2, 0) is 4.74 Å². The van der Waals surface area contributed by atoms with Gasteiger partial charge >= 0.3 is 0 Å². The number of nitrogens with two attached hydrogens (primary N) is 1. The van der Waals surface area contributed by atoms with Crippen molar-refractivity contribution in [2.75, 3.05) is 18.6 Å². The van der Waals surface area contributed by atoms with Crippen molar-refractivity contribution in [3.8, 4) is 0 Å². The second-order valence-corrected chi connectivity index (χ2v) is 4.83. The molecule has 2 rings (SSSR count). The van der Waals surface area contributed by atoms with Gasteiger partial charge in [0.25, 0.3) is 11.6 Å². The number of carbonyl (C=O) groups excluding carboxylic acids is 1. The van der Waals surface area contributed by atoms with Crippen molar-refractivity contribution in [3.05, 3.63) is 33.9 Å². The molecule has 1 fully saturated rings. The quantitative estimate of drug-likeness (QED) is 0.426. The van der Waals surface area contributed by atoms with Gasteiger partial charge in [-0.2, -0.15) is 0 Å². The molecule has 8 heteroatoms. The number of amides is 1. The number of rotatable bonds is 5. The number of nitro benzene ring substituents is 1. The van der Waals surface area contributed by atoms with Crippen LogP contribution in [0.15, 0.2) is 18.2 Å². The van der Waals surface area contributed by atoms with E-state index in [0.717, 1.165) is 19.3 Å². The number of anilines is 1. The number of nitrogen functional groups attached to an aromatic ring is 1. The number of hydrazine groups is 1. The number of nitro groups is 1. The Morgan fingerprint density at radius 3 is 2.90 bits per heavy atom. The van der Waals surface area contributed by atoms with E-state index >= 15 is 0 Å². The molecule has 21 heavy (non-hydrogen) atoms. The van der Waals surface area contributed by atoms with Gasteiger partial charge in [0.2, 0.25) is 0 Å². The zero-order chi connectivity index (χ0) is 15.2. The zero-order valence-corrected chi connectivity index (χ0v) is 11.5. The fourth-order valence-electron chi connectivity index (χ4n) is 2.23.